The van der Waals surface area contributed by atoms with Crippen molar-refractivity contribution in [3.8, 4) is 16.9 Å². The topological polar surface area (TPSA) is 119 Å². The molecule has 4 aromatic rings. The Kier molecular flexibility index (Phi) is 10.2. The second kappa shape index (κ2) is 15.5. The Morgan fingerprint density at radius 2 is 1.47 bits per heavy atom. The lowest BCUT2D eigenvalue weighted by Gasteiger charge is -2.39. The third-order valence-corrected chi connectivity index (χ3v) is 12.5. The molecule has 5 aliphatic heterocycles. The lowest BCUT2D eigenvalue weighted by molar-refractivity contribution is -0.274. The van der Waals surface area contributed by atoms with Crippen LogP contribution in [0.5, 0.6) is 5.75 Å². The minimum absolute atomic E-state index is 0.0858. The molecule has 0 bridgehead atoms. The summed E-state index contributed by atoms with van der Waals surface area (Å²) >= 11 is 0. The zero-order valence-corrected chi connectivity index (χ0v) is 32.1. The molecule has 4 amide bonds. The highest BCUT2D eigenvalue weighted by Gasteiger charge is 2.45. The third-order valence-electron chi connectivity index (χ3n) is 12.5. The van der Waals surface area contributed by atoms with E-state index < -0.39 is 36.0 Å². The molecule has 0 saturated carbocycles. The van der Waals surface area contributed by atoms with E-state index in [1.54, 1.807) is 24.3 Å². The average molecular weight is 798 g/mol. The number of carbonyl (C=O) groups is 4. The molecule has 0 aliphatic carbocycles. The van der Waals surface area contributed by atoms with E-state index >= 15 is 0 Å². The van der Waals surface area contributed by atoms with Crippen LogP contribution < -0.4 is 20.3 Å². The quantitative estimate of drug-likeness (QED) is 0.217. The Labute approximate surface area is 333 Å². The second-order valence-electron chi connectivity index (χ2n) is 16.3. The summed E-state index contributed by atoms with van der Waals surface area (Å²) in [5, 5.41) is 6.67. The standard InChI is InChI=1S/C43H46F3N7O5/c44-43(45,46)58-32-5-2-30(3-6-32)36-26-52(25-29-21-47-22-29)37-8-1-28(19-34(36)37)24-49-13-11-27(12-14-49)23-50-15-17-51(18-16-50)31-4-7-33-35(20-31)42(57)53(41(33)56)38-9-10-39(54)48-40(38)55/h1-8,19-20,26-27,29,38,47H,9-18,21-25H2,(H,48,54,55). The summed E-state index contributed by atoms with van der Waals surface area (Å²) < 4.78 is 44.8. The van der Waals surface area contributed by atoms with E-state index in [2.05, 4.69) is 59.0 Å². The molecule has 0 radical (unpaired) electrons. The predicted octanol–water partition coefficient (Wildman–Crippen LogP) is 4.86. The number of benzene rings is 3. The van der Waals surface area contributed by atoms with E-state index in [0.29, 0.717) is 17.4 Å². The molecule has 6 heterocycles. The fourth-order valence-corrected chi connectivity index (χ4v) is 9.21. The number of likely N-dealkylation sites (tertiary alicyclic amines) is 1. The summed E-state index contributed by atoms with van der Waals surface area (Å²) in [6.07, 6.45) is -0.173. The highest BCUT2D eigenvalue weighted by Crippen LogP contribution is 2.35. The van der Waals surface area contributed by atoms with Gasteiger partial charge in [-0.3, -0.25) is 39.2 Å². The summed E-state index contributed by atoms with van der Waals surface area (Å²) in [4.78, 5) is 58.8. The number of ether oxygens (including phenoxy) is 1. The van der Waals surface area contributed by atoms with Crippen LogP contribution in [0.3, 0.4) is 0 Å². The van der Waals surface area contributed by atoms with E-state index in [-0.39, 0.29) is 24.2 Å². The van der Waals surface area contributed by atoms with E-state index in [9.17, 15) is 32.3 Å². The van der Waals surface area contributed by atoms with Crippen molar-refractivity contribution in [2.75, 3.05) is 63.8 Å². The van der Waals surface area contributed by atoms with Gasteiger partial charge in [-0.15, -0.1) is 13.2 Å². The number of alkyl halides is 3. The maximum Gasteiger partial charge on any atom is 0.573 e. The van der Waals surface area contributed by atoms with Crippen molar-refractivity contribution in [3.05, 3.63) is 83.6 Å². The van der Waals surface area contributed by atoms with Crippen LogP contribution in [-0.2, 0) is 22.7 Å². The number of carbonyl (C=O) groups excluding carboxylic acids is 4. The number of amides is 4. The molecule has 58 heavy (non-hydrogen) atoms. The normalized spacial score (nSPS) is 21.5. The van der Waals surface area contributed by atoms with Crippen LogP contribution in [0, 0.1) is 11.8 Å². The number of fused-ring (bicyclic) bond motifs is 2. The number of nitrogens with one attached hydrogen (secondary N) is 2. The fraction of sp³-hybridized carbons (Fsp3) is 0.442. The van der Waals surface area contributed by atoms with Crippen LogP contribution in [0.4, 0.5) is 18.9 Å². The van der Waals surface area contributed by atoms with Crippen molar-refractivity contribution in [1.82, 2.24) is 29.9 Å². The van der Waals surface area contributed by atoms with E-state index in [0.717, 1.165) is 117 Å². The van der Waals surface area contributed by atoms with E-state index in [1.807, 2.05) is 6.07 Å². The van der Waals surface area contributed by atoms with E-state index in [4.69, 9.17) is 0 Å². The average Bonchev–Trinajstić information content (AvgIpc) is 3.66. The van der Waals surface area contributed by atoms with Gasteiger partial charge in [-0.2, -0.15) is 0 Å². The number of hydrogen-bond acceptors (Lipinski definition) is 9. The molecule has 4 saturated heterocycles. The zero-order chi connectivity index (χ0) is 40.1. The molecule has 2 N–H and O–H groups in total. The number of piperazine rings is 1. The van der Waals surface area contributed by atoms with Gasteiger partial charge in [0.1, 0.15) is 11.8 Å². The predicted molar refractivity (Wildman–Crippen MR) is 210 cm³/mol. The molecule has 4 fully saturated rings. The molecule has 3 aromatic carbocycles. The van der Waals surface area contributed by atoms with Crippen molar-refractivity contribution in [2.24, 2.45) is 11.8 Å². The molecule has 5 aliphatic rings. The Morgan fingerprint density at radius 3 is 2.16 bits per heavy atom. The van der Waals surface area contributed by atoms with Crippen molar-refractivity contribution in [1.29, 1.82) is 0 Å². The molecule has 15 heteroatoms. The first kappa shape index (κ1) is 38.3. The van der Waals surface area contributed by atoms with Crippen LogP contribution >= 0.6 is 0 Å². The Balaban J connectivity index is 0.788. The van der Waals surface area contributed by atoms with Gasteiger partial charge in [-0.1, -0.05) is 18.2 Å². The molecule has 1 atom stereocenters. The number of aromatic nitrogens is 1. The summed E-state index contributed by atoms with van der Waals surface area (Å²) in [6.45, 7) is 10.1. The number of rotatable bonds is 10. The van der Waals surface area contributed by atoms with Crippen LogP contribution in [-0.4, -0.2) is 114 Å². The minimum Gasteiger partial charge on any atom is -0.406 e. The number of nitrogens with zero attached hydrogens (tertiary/aromatic N) is 5. The Hall–Kier alpha value is -5.25. The molecule has 304 valence electrons. The first-order valence-corrected chi connectivity index (χ1v) is 20.2. The largest absolute Gasteiger partial charge is 0.573 e. The summed E-state index contributed by atoms with van der Waals surface area (Å²) in [5.74, 6) is -1.09. The van der Waals surface area contributed by atoms with Crippen molar-refractivity contribution in [3.63, 3.8) is 0 Å². The van der Waals surface area contributed by atoms with Gasteiger partial charge in [0, 0.05) is 99.6 Å². The molecule has 9 rings (SSSR count). The number of piperidine rings is 2. The monoisotopic (exact) mass is 797 g/mol. The van der Waals surface area contributed by atoms with Crippen LogP contribution in [0.1, 0.15) is 52.0 Å². The fourth-order valence-electron chi connectivity index (χ4n) is 9.21. The van der Waals surface area contributed by atoms with Gasteiger partial charge < -0.3 is 19.5 Å². The van der Waals surface area contributed by atoms with Crippen LogP contribution in [0.2, 0.25) is 0 Å². The number of hydrogen-bond donors (Lipinski definition) is 2. The van der Waals surface area contributed by atoms with Crippen LogP contribution in [0.25, 0.3) is 22.0 Å². The lowest BCUT2D eigenvalue weighted by Crippen LogP contribution is -2.54. The van der Waals surface area contributed by atoms with Gasteiger partial charge >= 0.3 is 6.36 Å². The molecule has 1 unspecified atom stereocenters. The first-order valence-electron chi connectivity index (χ1n) is 20.2. The maximum absolute atomic E-state index is 13.3. The lowest BCUT2D eigenvalue weighted by atomic mass is 9.95. The zero-order valence-electron chi connectivity index (χ0n) is 32.1. The number of imide groups is 2. The van der Waals surface area contributed by atoms with Gasteiger partial charge in [0.15, 0.2) is 0 Å². The Bertz CT molecular complexity index is 2240. The van der Waals surface area contributed by atoms with Crippen molar-refractivity contribution >= 4 is 40.2 Å². The highest BCUT2D eigenvalue weighted by atomic mass is 19.4. The van der Waals surface area contributed by atoms with Gasteiger partial charge in [-0.05, 0) is 91.9 Å². The molecule has 12 nitrogen and oxygen atoms in total. The molecule has 0 spiro atoms. The SMILES string of the molecule is O=C1CCC(N2C(=O)c3ccc(N4CCN(CC5CCN(Cc6ccc7c(c6)c(-c6ccc(OC(F)(F)F)cc6)cn7CC6CNC6)CC5)CC4)cc3C2=O)C(=O)N1. The van der Waals surface area contributed by atoms with Gasteiger partial charge in [-0.25, -0.2) is 0 Å². The molecular formula is C43H46F3N7O5. The number of halogens is 3. The third kappa shape index (κ3) is 7.82. The minimum atomic E-state index is -4.73. The first-order chi connectivity index (χ1) is 28.0. The summed E-state index contributed by atoms with van der Waals surface area (Å²) in [6, 6.07) is 17.1. The highest BCUT2D eigenvalue weighted by molar-refractivity contribution is 6.23. The van der Waals surface area contributed by atoms with Crippen molar-refractivity contribution < 1.29 is 37.1 Å². The van der Waals surface area contributed by atoms with Gasteiger partial charge in [0.25, 0.3) is 11.8 Å². The maximum atomic E-state index is 13.3. The van der Waals surface area contributed by atoms with Gasteiger partial charge in [0.05, 0.1) is 11.1 Å². The molecule has 1 aromatic heterocycles. The van der Waals surface area contributed by atoms with Crippen molar-refractivity contribution in [2.45, 2.75) is 51.2 Å². The van der Waals surface area contributed by atoms with Gasteiger partial charge in [0.2, 0.25) is 11.8 Å². The summed E-state index contributed by atoms with van der Waals surface area (Å²) in [5.41, 5.74) is 5.65. The number of anilines is 1. The Morgan fingerprint density at radius 1 is 0.724 bits per heavy atom. The smallest absolute Gasteiger partial charge is 0.406 e. The molecular weight excluding hydrogens is 752 g/mol. The summed E-state index contributed by atoms with van der Waals surface area (Å²) in [7, 11) is 0. The van der Waals surface area contributed by atoms with E-state index in [1.165, 1.54) is 17.7 Å². The van der Waals surface area contributed by atoms with Crippen LogP contribution in [0.15, 0.2) is 66.9 Å². The second-order valence-corrected chi connectivity index (χ2v) is 16.3.